The van der Waals surface area contributed by atoms with Crippen LogP contribution in [-0.4, -0.2) is 27.4 Å². The van der Waals surface area contributed by atoms with E-state index in [1.54, 1.807) is 0 Å². The maximum Gasteiger partial charge on any atom is 0.106 e. The monoisotopic (exact) mass is 330 g/mol. The van der Waals surface area contributed by atoms with Crippen molar-refractivity contribution in [2.45, 2.75) is 26.2 Å². The molecule has 23 heavy (non-hydrogen) atoms. The van der Waals surface area contributed by atoms with E-state index in [9.17, 15) is 5.11 Å². The van der Waals surface area contributed by atoms with Gasteiger partial charge in [-0.15, -0.1) is 0 Å². The molecule has 1 N–H and O–H groups in total. The second-order valence-corrected chi connectivity index (χ2v) is 5.93. The Bertz CT molecular complexity index is 801. The molecule has 1 heterocycles. The highest BCUT2D eigenvalue weighted by Crippen LogP contribution is 2.17. The average molecular weight is 331 g/mol. The number of nitrogens with zero attached hydrogens (tertiary/aromatic N) is 2. The third kappa shape index (κ3) is 3.72. The number of halogens is 1. The summed E-state index contributed by atoms with van der Waals surface area (Å²) < 4.78 is 7.61. The lowest BCUT2D eigenvalue weighted by atomic mass is 10.2. The van der Waals surface area contributed by atoms with Crippen LogP contribution in [0.25, 0.3) is 11.0 Å². The average Bonchev–Trinajstić information content (AvgIpc) is 2.85. The Balaban J connectivity index is 1.60. The third-order valence-electron chi connectivity index (χ3n) is 3.76. The van der Waals surface area contributed by atoms with E-state index in [0.29, 0.717) is 18.2 Å². The smallest absolute Gasteiger partial charge is 0.106 e. The van der Waals surface area contributed by atoms with E-state index >= 15 is 0 Å². The molecule has 1 atom stereocenters. The fourth-order valence-corrected chi connectivity index (χ4v) is 2.80. The summed E-state index contributed by atoms with van der Waals surface area (Å²) in [5.74, 6) is 0.886. The zero-order valence-corrected chi connectivity index (χ0v) is 13.7. The van der Waals surface area contributed by atoms with Crippen molar-refractivity contribution < 1.29 is 9.84 Å². The second-order valence-electron chi connectivity index (χ2n) is 5.52. The summed E-state index contributed by atoms with van der Waals surface area (Å²) in [6, 6.07) is 15.5. The summed E-state index contributed by atoms with van der Waals surface area (Å²) in [7, 11) is 0. The molecule has 2 aromatic carbocycles. The molecule has 0 radical (unpaired) electrons. The highest BCUT2D eigenvalue weighted by molar-refractivity contribution is 6.31. The molecule has 3 rings (SSSR count). The Labute approximate surface area is 140 Å². The zero-order chi connectivity index (χ0) is 16.2. The SMILES string of the molecule is Cc1nc2ccccc2n1C[C@@H](O)COCc1ccccc1Cl. The van der Waals surface area contributed by atoms with Gasteiger partial charge in [-0.05, 0) is 30.7 Å². The molecule has 0 aliphatic heterocycles. The Morgan fingerprint density at radius 2 is 1.91 bits per heavy atom. The number of imidazole rings is 1. The van der Waals surface area contributed by atoms with Gasteiger partial charge >= 0.3 is 0 Å². The van der Waals surface area contributed by atoms with E-state index in [0.717, 1.165) is 22.4 Å². The van der Waals surface area contributed by atoms with Gasteiger partial charge < -0.3 is 14.4 Å². The molecule has 1 aromatic heterocycles. The summed E-state index contributed by atoms with van der Waals surface area (Å²) in [5.41, 5.74) is 2.88. The van der Waals surface area contributed by atoms with Gasteiger partial charge in [0.15, 0.2) is 0 Å². The van der Waals surface area contributed by atoms with Crippen molar-refractivity contribution in [2.24, 2.45) is 0 Å². The molecular formula is C18H19ClN2O2. The molecule has 0 saturated carbocycles. The molecular weight excluding hydrogens is 312 g/mol. The number of hydrogen-bond acceptors (Lipinski definition) is 3. The largest absolute Gasteiger partial charge is 0.389 e. The number of aromatic nitrogens is 2. The molecule has 0 spiro atoms. The van der Waals surface area contributed by atoms with Gasteiger partial charge in [0.25, 0.3) is 0 Å². The van der Waals surface area contributed by atoms with E-state index < -0.39 is 6.10 Å². The minimum atomic E-state index is -0.603. The fraction of sp³-hybridized carbons (Fsp3) is 0.278. The van der Waals surface area contributed by atoms with Gasteiger partial charge in [0.05, 0.1) is 36.9 Å². The van der Waals surface area contributed by atoms with Crippen LogP contribution in [0.15, 0.2) is 48.5 Å². The van der Waals surface area contributed by atoms with Crippen molar-refractivity contribution in [2.75, 3.05) is 6.61 Å². The van der Waals surface area contributed by atoms with E-state index in [1.165, 1.54) is 0 Å². The van der Waals surface area contributed by atoms with Gasteiger partial charge in [0.1, 0.15) is 5.82 Å². The second kappa shape index (κ2) is 7.13. The summed E-state index contributed by atoms with van der Waals surface area (Å²) in [4.78, 5) is 4.50. The van der Waals surface area contributed by atoms with Crippen LogP contribution in [0.5, 0.6) is 0 Å². The zero-order valence-electron chi connectivity index (χ0n) is 12.9. The summed E-state index contributed by atoms with van der Waals surface area (Å²) in [6.45, 7) is 3.03. The van der Waals surface area contributed by atoms with Crippen LogP contribution in [0.4, 0.5) is 0 Å². The lowest BCUT2D eigenvalue weighted by Crippen LogP contribution is -2.22. The molecule has 3 aromatic rings. The van der Waals surface area contributed by atoms with Crippen LogP contribution in [-0.2, 0) is 17.9 Å². The molecule has 0 aliphatic carbocycles. The fourth-order valence-electron chi connectivity index (χ4n) is 2.61. The van der Waals surface area contributed by atoms with Crippen molar-refractivity contribution in [3.05, 3.63) is 64.9 Å². The number of aryl methyl sites for hydroxylation is 1. The minimum absolute atomic E-state index is 0.247. The molecule has 0 bridgehead atoms. The normalized spacial score (nSPS) is 12.7. The highest BCUT2D eigenvalue weighted by Gasteiger charge is 2.12. The Morgan fingerprint density at radius 1 is 1.17 bits per heavy atom. The summed E-state index contributed by atoms with van der Waals surface area (Å²) in [5, 5.41) is 10.9. The standard InChI is InChI=1S/C18H19ClN2O2/c1-13-20-17-8-4-5-9-18(17)21(13)10-15(22)12-23-11-14-6-2-3-7-16(14)19/h2-9,15,22H,10-12H2,1H3/t15-/m1/s1. The quantitative estimate of drug-likeness (QED) is 0.751. The number of aliphatic hydroxyl groups is 1. The molecule has 0 saturated heterocycles. The molecule has 0 aliphatic rings. The number of benzene rings is 2. The van der Waals surface area contributed by atoms with Crippen LogP contribution in [0.1, 0.15) is 11.4 Å². The predicted octanol–water partition coefficient (Wildman–Crippen LogP) is 3.58. The van der Waals surface area contributed by atoms with Crippen LogP contribution >= 0.6 is 11.6 Å². The summed E-state index contributed by atoms with van der Waals surface area (Å²) in [6.07, 6.45) is -0.603. The topological polar surface area (TPSA) is 47.3 Å². The Morgan fingerprint density at radius 3 is 2.74 bits per heavy atom. The van der Waals surface area contributed by atoms with E-state index in [2.05, 4.69) is 4.98 Å². The highest BCUT2D eigenvalue weighted by atomic mass is 35.5. The predicted molar refractivity (Wildman–Crippen MR) is 91.6 cm³/mol. The Hall–Kier alpha value is -1.88. The lowest BCUT2D eigenvalue weighted by molar-refractivity contribution is 0.0206. The first kappa shape index (κ1) is 16.0. The van der Waals surface area contributed by atoms with Crippen molar-refractivity contribution >= 4 is 22.6 Å². The lowest BCUT2D eigenvalue weighted by Gasteiger charge is -2.14. The van der Waals surface area contributed by atoms with Crippen molar-refractivity contribution in [3.63, 3.8) is 0 Å². The number of rotatable bonds is 6. The number of para-hydroxylation sites is 2. The third-order valence-corrected chi connectivity index (χ3v) is 4.13. The number of hydrogen-bond donors (Lipinski definition) is 1. The summed E-state index contributed by atoms with van der Waals surface area (Å²) >= 11 is 6.09. The first-order valence-corrected chi connectivity index (χ1v) is 7.94. The van der Waals surface area contributed by atoms with E-state index in [-0.39, 0.29) is 6.61 Å². The van der Waals surface area contributed by atoms with E-state index in [1.807, 2.05) is 60.0 Å². The van der Waals surface area contributed by atoms with E-state index in [4.69, 9.17) is 16.3 Å². The molecule has 120 valence electrons. The van der Waals surface area contributed by atoms with Crippen LogP contribution in [0, 0.1) is 6.92 Å². The van der Waals surface area contributed by atoms with Crippen LogP contribution in [0.3, 0.4) is 0 Å². The van der Waals surface area contributed by atoms with Crippen LogP contribution in [0.2, 0.25) is 5.02 Å². The van der Waals surface area contributed by atoms with Gasteiger partial charge in [0, 0.05) is 5.02 Å². The minimum Gasteiger partial charge on any atom is -0.389 e. The number of ether oxygens (including phenoxy) is 1. The maximum absolute atomic E-state index is 10.2. The Kier molecular flexibility index (Phi) is 4.96. The van der Waals surface area contributed by atoms with Gasteiger partial charge in [-0.3, -0.25) is 0 Å². The van der Waals surface area contributed by atoms with Crippen molar-refractivity contribution in [1.82, 2.24) is 9.55 Å². The molecule has 4 nitrogen and oxygen atoms in total. The van der Waals surface area contributed by atoms with Crippen LogP contribution < -0.4 is 0 Å². The molecule has 5 heteroatoms. The maximum atomic E-state index is 10.2. The van der Waals surface area contributed by atoms with Gasteiger partial charge in [-0.2, -0.15) is 0 Å². The molecule has 0 unspecified atom stereocenters. The molecule has 0 fully saturated rings. The first-order chi connectivity index (χ1) is 11.1. The van der Waals surface area contributed by atoms with Gasteiger partial charge in [0.2, 0.25) is 0 Å². The number of aliphatic hydroxyl groups excluding tert-OH is 1. The van der Waals surface area contributed by atoms with Crippen molar-refractivity contribution in [1.29, 1.82) is 0 Å². The number of fused-ring (bicyclic) bond motifs is 1. The first-order valence-electron chi connectivity index (χ1n) is 7.56. The van der Waals surface area contributed by atoms with Crippen molar-refractivity contribution in [3.8, 4) is 0 Å². The molecule has 0 amide bonds. The van der Waals surface area contributed by atoms with Gasteiger partial charge in [-0.25, -0.2) is 4.98 Å². The van der Waals surface area contributed by atoms with Gasteiger partial charge in [-0.1, -0.05) is 41.9 Å².